The lowest BCUT2D eigenvalue weighted by Gasteiger charge is -2.14. The van der Waals surface area contributed by atoms with Crippen molar-refractivity contribution in [1.29, 1.82) is 0 Å². The van der Waals surface area contributed by atoms with Crippen LogP contribution >= 0.6 is 0 Å². The van der Waals surface area contributed by atoms with Crippen molar-refractivity contribution in [2.45, 2.75) is 19.5 Å². The molecule has 0 aliphatic carbocycles. The number of para-hydroxylation sites is 1. The molecule has 9 heteroatoms. The Morgan fingerprint density at radius 3 is 2.52 bits per heavy atom. The average molecular weight is 344 g/mol. The molecule has 2 aromatic rings. The second-order valence-electron chi connectivity index (χ2n) is 5.28. The lowest BCUT2D eigenvalue weighted by molar-refractivity contribution is -0.121. The number of aromatic nitrogens is 2. The first-order valence-corrected chi connectivity index (χ1v) is 7.64. The van der Waals surface area contributed by atoms with Gasteiger partial charge in [0.05, 0.1) is 11.9 Å². The molecule has 1 aromatic heterocycles. The van der Waals surface area contributed by atoms with Gasteiger partial charge < -0.3 is 21.3 Å². The van der Waals surface area contributed by atoms with Gasteiger partial charge in [-0.2, -0.15) is 5.10 Å². The molecule has 0 fully saturated rings. The van der Waals surface area contributed by atoms with Crippen LogP contribution in [0.25, 0.3) is 0 Å². The van der Waals surface area contributed by atoms with Gasteiger partial charge in [0.1, 0.15) is 12.6 Å². The summed E-state index contributed by atoms with van der Waals surface area (Å²) in [7, 11) is 1.53. The van der Waals surface area contributed by atoms with E-state index in [-0.39, 0.29) is 12.5 Å². The summed E-state index contributed by atoms with van der Waals surface area (Å²) >= 11 is 0. The van der Waals surface area contributed by atoms with E-state index < -0.39 is 18.0 Å². The Balaban J connectivity index is 1.83. The van der Waals surface area contributed by atoms with Gasteiger partial charge in [0.25, 0.3) is 0 Å². The highest BCUT2D eigenvalue weighted by atomic mass is 16.2. The molecule has 4 N–H and O–H groups in total. The number of urea groups is 1. The van der Waals surface area contributed by atoms with E-state index in [0.29, 0.717) is 11.4 Å². The van der Waals surface area contributed by atoms with Crippen LogP contribution in [0.2, 0.25) is 0 Å². The molecule has 25 heavy (non-hydrogen) atoms. The molecule has 1 atom stereocenters. The molecule has 0 radical (unpaired) electrons. The van der Waals surface area contributed by atoms with Gasteiger partial charge in [0, 0.05) is 18.9 Å². The van der Waals surface area contributed by atoms with Crippen LogP contribution in [-0.2, 0) is 16.1 Å². The standard InChI is InChI=1S/C16H20N6O3/c1-11(19-16(25)21-12-6-4-3-5-7-12)15(24)20-13-8-18-22(9-13)10-14(23)17-2/h3-9,11H,10H2,1-2H3,(H,17,23)(H,20,24)(H2,19,21,25)/t11-/m0/s1. The molecular weight excluding hydrogens is 324 g/mol. The topological polar surface area (TPSA) is 117 Å². The van der Waals surface area contributed by atoms with Crippen LogP contribution in [0.15, 0.2) is 42.7 Å². The number of carbonyl (C=O) groups excluding carboxylic acids is 3. The van der Waals surface area contributed by atoms with Crippen molar-refractivity contribution in [1.82, 2.24) is 20.4 Å². The van der Waals surface area contributed by atoms with E-state index in [2.05, 4.69) is 26.4 Å². The minimum absolute atomic E-state index is 0.0552. The van der Waals surface area contributed by atoms with Crippen LogP contribution in [0.3, 0.4) is 0 Å². The van der Waals surface area contributed by atoms with Crippen LogP contribution in [0.1, 0.15) is 6.92 Å². The van der Waals surface area contributed by atoms with Crippen molar-refractivity contribution in [3.63, 3.8) is 0 Å². The second-order valence-corrected chi connectivity index (χ2v) is 5.28. The van der Waals surface area contributed by atoms with E-state index in [1.165, 1.54) is 24.1 Å². The Hall–Kier alpha value is -3.36. The fraction of sp³-hybridized carbons (Fsp3) is 0.250. The van der Waals surface area contributed by atoms with Gasteiger partial charge in [-0.3, -0.25) is 14.3 Å². The first-order chi connectivity index (χ1) is 12.0. The molecule has 4 amide bonds. The summed E-state index contributed by atoms with van der Waals surface area (Å²) in [5.41, 5.74) is 1.06. The lowest BCUT2D eigenvalue weighted by Crippen LogP contribution is -2.43. The Kier molecular flexibility index (Phi) is 6.10. The number of hydrogen-bond acceptors (Lipinski definition) is 4. The molecule has 132 valence electrons. The second kappa shape index (κ2) is 8.48. The van der Waals surface area contributed by atoms with Crippen LogP contribution in [0.4, 0.5) is 16.2 Å². The average Bonchev–Trinajstić information content (AvgIpc) is 3.02. The molecule has 0 spiro atoms. The van der Waals surface area contributed by atoms with Gasteiger partial charge in [-0.15, -0.1) is 0 Å². The Morgan fingerprint density at radius 2 is 1.84 bits per heavy atom. The minimum Gasteiger partial charge on any atom is -0.358 e. The van der Waals surface area contributed by atoms with Gasteiger partial charge in [-0.05, 0) is 19.1 Å². The molecule has 9 nitrogen and oxygen atoms in total. The number of anilines is 2. The Labute approximate surface area is 144 Å². The van der Waals surface area contributed by atoms with Crippen molar-refractivity contribution in [2.75, 3.05) is 17.7 Å². The van der Waals surface area contributed by atoms with Crippen molar-refractivity contribution < 1.29 is 14.4 Å². The summed E-state index contributed by atoms with van der Waals surface area (Å²) in [6.45, 7) is 1.62. The summed E-state index contributed by atoms with van der Waals surface area (Å²) in [4.78, 5) is 35.3. The summed E-state index contributed by atoms with van der Waals surface area (Å²) in [5, 5.41) is 14.3. The zero-order valence-electron chi connectivity index (χ0n) is 13.9. The largest absolute Gasteiger partial charge is 0.358 e. The van der Waals surface area contributed by atoms with Crippen molar-refractivity contribution in [3.8, 4) is 0 Å². The highest BCUT2D eigenvalue weighted by Gasteiger charge is 2.16. The molecule has 1 aromatic carbocycles. The number of benzene rings is 1. The quantitative estimate of drug-likeness (QED) is 0.619. The zero-order valence-corrected chi connectivity index (χ0v) is 13.9. The number of likely N-dealkylation sites (N-methyl/N-ethyl adjacent to an activating group) is 1. The summed E-state index contributed by atoms with van der Waals surface area (Å²) < 4.78 is 1.40. The maximum Gasteiger partial charge on any atom is 0.319 e. The molecule has 2 rings (SSSR count). The number of nitrogens with zero attached hydrogens (tertiary/aromatic N) is 2. The van der Waals surface area contributed by atoms with E-state index in [0.717, 1.165) is 0 Å². The van der Waals surface area contributed by atoms with Gasteiger partial charge in [-0.1, -0.05) is 18.2 Å². The van der Waals surface area contributed by atoms with Crippen molar-refractivity contribution >= 4 is 29.2 Å². The van der Waals surface area contributed by atoms with E-state index in [1.807, 2.05) is 6.07 Å². The number of rotatable bonds is 6. The monoisotopic (exact) mass is 344 g/mol. The lowest BCUT2D eigenvalue weighted by atomic mass is 10.3. The van der Waals surface area contributed by atoms with E-state index >= 15 is 0 Å². The van der Waals surface area contributed by atoms with Crippen LogP contribution < -0.4 is 21.3 Å². The van der Waals surface area contributed by atoms with Crippen LogP contribution in [0, 0.1) is 0 Å². The molecule has 0 aliphatic heterocycles. The molecule has 1 heterocycles. The maximum atomic E-state index is 12.1. The number of amides is 4. The molecule has 0 aliphatic rings. The minimum atomic E-state index is -0.758. The van der Waals surface area contributed by atoms with Gasteiger partial charge >= 0.3 is 6.03 Å². The molecular formula is C16H20N6O3. The third-order valence-corrected chi connectivity index (χ3v) is 3.26. The smallest absolute Gasteiger partial charge is 0.319 e. The molecule has 0 bridgehead atoms. The number of nitrogens with one attached hydrogen (secondary N) is 4. The number of carbonyl (C=O) groups is 3. The predicted molar refractivity (Wildman–Crippen MR) is 93.0 cm³/mol. The zero-order chi connectivity index (χ0) is 18.2. The third-order valence-electron chi connectivity index (χ3n) is 3.26. The number of hydrogen-bond donors (Lipinski definition) is 4. The SMILES string of the molecule is CNC(=O)Cn1cc(NC(=O)[C@H](C)NC(=O)Nc2ccccc2)cn1. The first kappa shape index (κ1) is 18.0. The first-order valence-electron chi connectivity index (χ1n) is 7.64. The molecule has 0 unspecified atom stereocenters. The fourth-order valence-electron chi connectivity index (χ4n) is 1.94. The van der Waals surface area contributed by atoms with E-state index in [9.17, 15) is 14.4 Å². The van der Waals surface area contributed by atoms with Gasteiger partial charge in [0.2, 0.25) is 11.8 Å². The van der Waals surface area contributed by atoms with Crippen LogP contribution in [0.5, 0.6) is 0 Å². The fourth-order valence-corrected chi connectivity index (χ4v) is 1.94. The maximum absolute atomic E-state index is 12.1. The van der Waals surface area contributed by atoms with Crippen molar-refractivity contribution in [3.05, 3.63) is 42.7 Å². The van der Waals surface area contributed by atoms with E-state index in [4.69, 9.17) is 0 Å². The highest BCUT2D eigenvalue weighted by Crippen LogP contribution is 2.06. The third kappa shape index (κ3) is 5.65. The van der Waals surface area contributed by atoms with Crippen molar-refractivity contribution in [2.24, 2.45) is 0 Å². The predicted octanol–water partition coefficient (Wildman–Crippen LogP) is 0.778. The van der Waals surface area contributed by atoms with Gasteiger partial charge in [0.15, 0.2) is 0 Å². The summed E-state index contributed by atoms with van der Waals surface area (Å²) in [6.07, 6.45) is 2.96. The van der Waals surface area contributed by atoms with E-state index in [1.54, 1.807) is 31.2 Å². The van der Waals surface area contributed by atoms with Gasteiger partial charge in [-0.25, -0.2) is 4.79 Å². The Morgan fingerprint density at radius 1 is 1.12 bits per heavy atom. The van der Waals surface area contributed by atoms with Crippen LogP contribution in [-0.4, -0.2) is 40.7 Å². The Bertz CT molecular complexity index is 743. The molecule has 0 saturated heterocycles. The summed E-state index contributed by atoms with van der Waals surface area (Å²) in [6, 6.07) is 7.67. The molecule has 0 saturated carbocycles. The highest BCUT2D eigenvalue weighted by molar-refractivity contribution is 5.98. The summed E-state index contributed by atoms with van der Waals surface area (Å²) in [5.74, 6) is -0.601. The normalized spacial score (nSPS) is 11.3.